The maximum atomic E-state index is 2.28. The first-order valence-electron chi connectivity index (χ1n) is 13.9. The lowest BCUT2D eigenvalue weighted by Gasteiger charge is -2.11. The van der Waals surface area contributed by atoms with Crippen LogP contribution in [0.3, 0.4) is 0 Å². The minimum atomic E-state index is 1.06. The van der Waals surface area contributed by atoms with Crippen molar-refractivity contribution in [3.8, 4) is 0 Å². The average Bonchev–Trinajstić information content (AvgIpc) is 2.96. The van der Waals surface area contributed by atoms with Gasteiger partial charge in [0, 0.05) is 76.7 Å². The maximum absolute atomic E-state index is 2.28. The minimum Gasteiger partial charge on any atom is -0.378 e. The van der Waals surface area contributed by atoms with E-state index >= 15 is 0 Å². The van der Waals surface area contributed by atoms with Gasteiger partial charge in [-0.2, -0.15) is 0 Å². The number of unbranched alkanes of at least 4 members (excludes halogenated alkanes) is 2. The van der Waals surface area contributed by atoms with Crippen LogP contribution in [0.4, 0.5) is 11.4 Å². The average molecular weight is 519 g/mol. The van der Waals surface area contributed by atoms with E-state index in [1.165, 1.54) is 52.9 Å². The Hall–Kier alpha value is -4.18. The topological polar surface area (TPSA) is 14.2 Å². The molecule has 2 aromatic carbocycles. The minimum absolute atomic E-state index is 1.06. The first-order chi connectivity index (χ1) is 19.0. The Morgan fingerprint density at radius 1 is 0.436 bits per heavy atom. The third-order valence-electron chi connectivity index (χ3n) is 6.92. The normalized spacial score (nSPS) is 11.4. The van der Waals surface area contributed by atoms with Gasteiger partial charge in [-0.1, -0.05) is 48.6 Å². The SMILES string of the molecule is CN(C)c1ccc(/C=C/c2cc[n+](CCCCC[n+]3ccc(/C=C/c4ccc(N(C)C)cc4)cc3)cc2)cc1. The number of rotatable bonds is 12. The Morgan fingerprint density at radius 3 is 1.05 bits per heavy atom. The van der Waals surface area contributed by atoms with E-state index in [4.69, 9.17) is 0 Å². The monoisotopic (exact) mass is 518 g/mol. The zero-order chi connectivity index (χ0) is 27.5. The summed E-state index contributed by atoms with van der Waals surface area (Å²) >= 11 is 0. The summed E-state index contributed by atoms with van der Waals surface area (Å²) in [7, 11) is 8.25. The van der Waals surface area contributed by atoms with E-state index in [1.807, 2.05) is 0 Å². The van der Waals surface area contributed by atoms with E-state index in [1.54, 1.807) is 0 Å². The molecule has 0 aliphatic carbocycles. The molecule has 0 amide bonds. The van der Waals surface area contributed by atoms with Gasteiger partial charge >= 0.3 is 0 Å². The molecule has 39 heavy (non-hydrogen) atoms. The fourth-order valence-electron chi connectivity index (χ4n) is 4.38. The van der Waals surface area contributed by atoms with Gasteiger partial charge in [-0.15, -0.1) is 0 Å². The van der Waals surface area contributed by atoms with E-state index in [0.717, 1.165) is 13.1 Å². The Kier molecular flexibility index (Phi) is 10.1. The summed E-state index contributed by atoms with van der Waals surface area (Å²) in [5, 5.41) is 0. The van der Waals surface area contributed by atoms with Crippen LogP contribution in [0.5, 0.6) is 0 Å². The molecule has 200 valence electrons. The lowest BCUT2D eigenvalue weighted by molar-refractivity contribution is -0.701. The van der Waals surface area contributed by atoms with Crippen LogP contribution in [0.2, 0.25) is 0 Å². The van der Waals surface area contributed by atoms with Gasteiger partial charge in [0.25, 0.3) is 0 Å². The van der Waals surface area contributed by atoms with Crippen molar-refractivity contribution in [2.45, 2.75) is 32.4 Å². The van der Waals surface area contributed by atoms with Crippen LogP contribution in [0.25, 0.3) is 24.3 Å². The van der Waals surface area contributed by atoms with Crippen LogP contribution in [-0.4, -0.2) is 28.2 Å². The molecular formula is C35H42N4+2. The summed E-state index contributed by atoms with van der Waals surface area (Å²) in [6.07, 6.45) is 21.0. The lowest BCUT2D eigenvalue weighted by atomic mass is 10.1. The molecule has 0 unspecified atom stereocenters. The van der Waals surface area contributed by atoms with Crippen molar-refractivity contribution in [1.82, 2.24) is 0 Å². The number of benzene rings is 2. The molecule has 0 N–H and O–H groups in total. The Labute approximate surface area is 234 Å². The predicted molar refractivity (Wildman–Crippen MR) is 167 cm³/mol. The van der Waals surface area contributed by atoms with E-state index in [0.29, 0.717) is 0 Å². The van der Waals surface area contributed by atoms with E-state index < -0.39 is 0 Å². The zero-order valence-corrected chi connectivity index (χ0v) is 23.9. The van der Waals surface area contributed by atoms with Crippen LogP contribution in [0.1, 0.15) is 41.5 Å². The van der Waals surface area contributed by atoms with Crippen molar-refractivity contribution in [3.05, 3.63) is 120 Å². The van der Waals surface area contributed by atoms with Crippen LogP contribution in [-0.2, 0) is 13.1 Å². The molecule has 0 saturated carbocycles. The van der Waals surface area contributed by atoms with Crippen LogP contribution in [0, 0.1) is 0 Å². The van der Waals surface area contributed by atoms with Crippen molar-refractivity contribution in [2.75, 3.05) is 38.0 Å². The smallest absolute Gasteiger partial charge is 0.169 e. The molecule has 4 nitrogen and oxygen atoms in total. The molecule has 0 aliphatic rings. The largest absolute Gasteiger partial charge is 0.378 e. The molecule has 4 aromatic rings. The highest BCUT2D eigenvalue weighted by molar-refractivity contribution is 5.71. The molecule has 4 rings (SSSR count). The first-order valence-corrected chi connectivity index (χ1v) is 13.9. The molecule has 0 aliphatic heterocycles. The van der Waals surface area contributed by atoms with Gasteiger partial charge in [-0.05, 0) is 52.9 Å². The number of anilines is 2. The standard InChI is InChI=1S/C35H42N4/c1-36(2)34-16-12-30(13-17-34)8-10-32-20-26-38(27-21-32)24-6-5-7-25-39-28-22-33(23-29-39)11-9-31-14-18-35(19-15-31)37(3)4/h8-23,26-29H,5-7,24-25H2,1-4H3/q+2. The Morgan fingerprint density at radius 2 is 0.744 bits per heavy atom. The highest BCUT2D eigenvalue weighted by atomic mass is 15.1. The fraction of sp³-hybridized carbons (Fsp3) is 0.257. The molecule has 0 spiro atoms. The highest BCUT2D eigenvalue weighted by Gasteiger charge is 2.03. The molecule has 0 fully saturated rings. The quantitative estimate of drug-likeness (QED) is 0.155. The lowest BCUT2D eigenvalue weighted by Crippen LogP contribution is -2.34. The summed E-state index contributed by atoms with van der Waals surface area (Å²) in [5.41, 5.74) is 7.31. The van der Waals surface area contributed by atoms with E-state index in [-0.39, 0.29) is 0 Å². The van der Waals surface area contributed by atoms with Gasteiger partial charge in [-0.3, -0.25) is 0 Å². The molecular weight excluding hydrogens is 476 g/mol. The van der Waals surface area contributed by atoms with Crippen molar-refractivity contribution < 1.29 is 9.13 Å². The number of hydrogen-bond acceptors (Lipinski definition) is 2. The highest BCUT2D eigenvalue weighted by Crippen LogP contribution is 2.15. The molecule has 0 bridgehead atoms. The number of nitrogens with zero attached hydrogens (tertiary/aromatic N) is 4. The molecule has 2 aromatic heterocycles. The second-order valence-corrected chi connectivity index (χ2v) is 10.4. The maximum Gasteiger partial charge on any atom is 0.169 e. The molecule has 2 heterocycles. The van der Waals surface area contributed by atoms with E-state index in [9.17, 15) is 0 Å². The van der Waals surface area contributed by atoms with Gasteiger partial charge in [0.15, 0.2) is 24.8 Å². The first kappa shape index (κ1) is 27.8. The predicted octanol–water partition coefficient (Wildman–Crippen LogP) is 6.60. The molecule has 4 heteroatoms. The summed E-state index contributed by atoms with van der Waals surface area (Å²) in [6.45, 7) is 2.11. The number of hydrogen-bond donors (Lipinski definition) is 0. The van der Waals surface area contributed by atoms with E-state index in [2.05, 4.69) is 169 Å². The van der Waals surface area contributed by atoms with Crippen molar-refractivity contribution >= 4 is 35.7 Å². The van der Waals surface area contributed by atoms with Crippen LogP contribution in [0.15, 0.2) is 97.6 Å². The summed E-state index contributed by atoms with van der Waals surface area (Å²) < 4.78 is 4.57. The molecule has 0 radical (unpaired) electrons. The van der Waals surface area contributed by atoms with Gasteiger partial charge in [0.05, 0.1) is 0 Å². The number of pyridine rings is 2. The van der Waals surface area contributed by atoms with Crippen LogP contribution >= 0.6 is 0 Å². The fourth-order valence-corrected chi connectivity index (χ4v) is 4.38. The van der Waals surface area contributed by atoms with Gasteiger partial charge in [-0.25, -0.2) is 9.13 Å². The van der Waals surface area contributed by atoms with Gasteiger partial charge in [0.1, 0.15) is 13.1 Å². The van der Waals surface area contributed by atoms with Crippen LogP contribution < -0.4 is 18.9 Å². The summed E-state index contributed by atoms with van der Waals surface area (Å²) in [5.74, 6) is 0. The third-order valence-corrected chi connectivity index (χ3v) is 6.92. The van der Waals surface area contributed by atoms with Crippen molar-refractivity contribution in [3.63, 3.8) is 0 Å². The Balaban J connectivity index is 1.15. The second kappa shape index (κ2) is 14.1. The third kappa shape index (κ3) is 8.96. The summed E-state index contributed by atoms with van der Waals surface area (Å²) in [6, 6.07) is 26.0. The molecule has 0 atom stereocenters. The zero-order valence-electron chi connectivity index (χ0n) is 23.9. The number of aromatic nitrogens is 2. The van der Waals surface area contributed by atoms with Gasteiger partial charge in [0.2, 0.25) is 0 Å². The van der Waals surface area contributed by atoms with Gasteiger partial charge < -0.3 is 9.80 Å². The van der Waals surface area contributed by atoms with Crippen molar-refractivity contribution in [2.24, 2.45) is 0 Å². The Bertz CT molecular complexity index is 1230. The van der Waals surface area contributed by atoms with Crippen molar-refractivity contribution in [1.29, 1.82) is 0 Å². The number of aryl methyl sites for hydroxylation is 2. The second-order valence-electron chi connectivity index (χ2n) is 10.4. The molecule has 0 saturated heterocycles. The summed E-state index contributed by atoms with van der Waals surface area (Å²) in [4.78, 5) is 4.23.